The van der Waals surface area contributed by atoms with Crippen LogP contribution in [0, 0.1) is 0 Å². The molecule has 0 radical (unpaired) electrons. The molecule has 4 N–H and O–H groups in total. The highest BCUT2D eigenvalue weighted by atomic mass is 35.5. The van der Waals surface area contributed by atoms with Gasteiger partial charge < -0.3 is 16.4 Å². The predicted octanol–water partition coefficient (Wildman–Crippen LogP) is 2.21. The van der Waals surface area contributed by atoms with Crippen LogP contribution in [0.2, 0.25) is 10.0 Å². The molecule has 8 heteroatoms. The number of nitrogens with one attached hydrogen (secondary N) is 2. The molecule has 0 aromatic heterocycles. The van der Waals surface area contributed by atoms with Crippen molar-refractivity contribution in [1.82, 2.24) is 5.32 Å². The Kier molecular flexibility index (Phi) is 7.30. The topological polar surface area (TPSA) is 84.2 Å². The van der Waals surface area contributed by atoms with E-state index in [1.807, 2.05) is 0 Å². The second-order valence-electron chi connectivity index (χ2n) is 4.58. The minimum absolute atomic E-state index is 0. The molecule has 20 heavy (non-hydrogen) atoms. The van der Waals surface area contributed by atoms with Crippen LogP contribution in [0.1, 0.15) is 13.8 Å². The van der Waals surface area contributed by atoms with Crippen molar-refractivity contribution in [3.8, 4) is 0 Å². The minimum Gasteiger partial charge on any atom is -0.345 e. The second kappa shape index (κ2) is 7.69. The summed E-state index contributed by atoms with van der Waals surface area (Å²) in [5, 5.41) is 5.79. The number of halogens is 3. The average molecular weight is 341 g/mol. The molecule has 0 aliphatic carbocycles. The maximum absolute atomic E-state index is 11.6. The Morgan fingerprint density at radius 1 is 1.30 bits per heavy atom. The maximum atomic E-state index is 11.6. The van der Waals surface area contributed by atoms with E-state index < -0.39 is 17.4 Å². The van der Waals surface area contributed by atoms with Gasteiger partial charge in [0.05, 0.1) is 22.8 Å². The SMILES string of the molecule is CC(C)(N)C(=O)NCC(=O)Nc1cc(Cl)ccc1Cl.Cl. The lowest BCUT2D eigenvalue weighted by Gasteiger charge is -2.17. The average Bonchev–Trinajstić information content (AvgIpc) is 2.29. The Labute approximate surface area is 133 Å². The summed E-state index contributed by atoms with van der Waals surface area (Å²) in [6, 6.07) is 4.70. The second-order valence-corrected chi connectivity index (χ2v) is 5.42. The molecule has 0 bridgehead atoms. The summed E-state index contributed by atoms with van der Waals surface area (Å²) in [7, 11) is 0. The van der Waals surface area contributed by atoms with Gasteiger partial charge in [-0.3, -0.25) is 9.59 Å². The van der Waals surface area contributed by atoms with Gasteiger partial charge in [-0.05, 0) is 32.0 Å². The van der Waals surface area contributed by atoms with E-state index in [4.69, 9.17) is 28.9 Å². The fourth-order valence-electron chi connectivity index (χ4n) is 1.18. The van der Waals surface area contributed by atoms with Gasteiger partial charge in [-0.25, -0.2) is 0 Å². The van der Waals surface area contributed by atoms with Gasteiger partial charge in [-0.15, -0.1) is 12.4 Å². The Bertz CT molecular complexity index is 501. The first-order valence-corrected chi connectivity index (χ1v) is 6.28. The highest BCUT2D eigenvalue weighted by Gasteiger charge is 2.22. The van der Waals surface area contributed by atoms with Crippen LogP contribution in [-0.4, -0.2) is 23.9 Å². The zero-order chi connectivity index (χ0) is 14.6. The smallest absolute Gasteiger partial charge is 0.243 e. The lowest BCUT2D eigenvalue weighted by Crippen LogP contribution is -2.50. The van der Waals surface area contributed by atoms with Crippen molar-refractivity contribution < 1.29 is 9.59 Å². The van der Waals surface area contributed by atoms with Crippen molar-refractivity contribution in [2.24, 2.45) is 5.73 Å². The van der Waals surface area contributed by atoms with Gasteiger partial charge in [0.15, 0.2) is 0 Å². The summed E-state index contributed by atoms with van der Waals surface area (Å²) in [6.07, 6.45) is 0. The number of amides is 2. The molecule has 0 fully saturated rings. The van der Waals surface area contributed by atoms with E-state index in [1.54, 1.807) is 26.0 Å². The molecule has 1 aromatic carbocycles. The zero-order valence-electron chi connectivity index (χ0n) is 11.0. The van der Waals surface area contributed by atoms with Gasteiger partial charge in [0.1, 0.15) is 0 Å². The summed E-state index contributed by atoms with van der Waals surface area (Å²) in [5.74, 6) is -0.832. The monoisotopic (exact) mass is 339 g/mol. The van der Waals surface area contributed by atoms with Crippen LogP contribution in [0.5, 0.6) is 0 Å². The van der Waals surface area contributed by atoms with E-state index in [1.165, 1.54) is 6.07 Å². The fraction of sp³-hybridized carbons (Fsp3) is 0.333. The van der Waals surface area contributed by atoms with Crippen LogP contribution < -0.4 is 16.4 Å². The molecule has 0 atom stereocenters. The number of carbonyl (C=O) groups excluding carboxylic acids is 2. The van der Waals surface area contributed by atoms with Crippen molar-refractivity contribution in [3.63, 3.8) is 0 Å². The Hall–Kier alpha value is -1.01. The summed E-state index contributed by atoms with van der Waals surface area (Å²) in [5.41, 5.74) is 4.93. The van der Waals surface area contributed by atoms with E-state index in [9.17, 15) is 9.59 Å². The van der Waals surface area contributed by atoms with Crippen molar-refractivity contribution in [2.75, 3.05) is 11.9 Å². The molecule has 0 saturated carbocycles. The Morgan fingerprint density at radius 3 is 2.45 bits per heavy atom. The fourth-order valence-corrected chi connectivity index (χ4v) is 1.51. The number of carbonyl (C=O) groups is 2. The van der Waals surface area contributed by atoms with E-state index in [2.05, 4.69) is 10.6 Å². The lowest BCUT2D eigenvalue weighted by molar-refractivity contribution is -0.127. The van der Waals surface area contributed by atoms with Crippen LogP contribution in [-0.2, 0) is 9.59 Å². The summed E-state index contributed by atoms with van der Waals surface area (Å²) in [4.78, 5) is 23.1. The van der Waals surface area contributed by atoms with Crippen LogP contribution in [0.15, 0.2) is 18.2 Å². The summed E-state index contributed by atoms with van der Waals surface area (Å²) < 4.78 is 0. The summed E-state index contributed by atoms with van der Waals surface area (Å²) >= 11 is 11.7. The van der Waals surface area contributed by atoms with Crippen LogP contribution in [0.25, 0.3) is 0 Å². The standard InChI is InChI=1S/C12H15Cl2N3O2.ClH/c1-12(2,15)11(19)16-6-10(18)17-9-5-7(13)3-4-8(9)14;/h3-5H,6,15H2,1-2H3,(H,16,19)(H,17,18);1H. The summed E-state index contributed by atoms with van der Waals surface area (Å²) in [6.45, 7) is 2.91. The highest BCUT2D eigenvalue weighted by molar-refractivity contribution is 6.35. The first-order chi connectivity index (χ1) is 8.70. The molecule has 1 rings (SSSR count). The maximum Gasteiger partial charge on any atom is 0.243 e. The third-order valence-electron chi connectivity index (χ3n) is 2.20. The van der Waals surface area contributed by atoms with Crippen LogP contribution in [0.3, 0.4) is 0 Å². The molecule has 2 amide bonds. The molecule has 0 aliphatic rings. The van der Waals surface area contributed by atoms with E-state index in [0.717, 1.165) is 0 Å². The number of hydrogen-bond donors (Lipinski definition) is 3. The number of rotatable bonds is 4. The van der Waals surface area contributed by atoms with Crippen molar-refractivity contribution in [3.05, 3.63) is 28.2 Å². The first-order valence-electron chi connectivity index (χ1n) is 5.52. The van der Waals surface area contributed by atoms with Crippen molar-refractivity contribution >= 4 is 53.1 Å². The number of anilines is 1. The third kappa shape index (κ3) is 5.96. The van der Waals surface area contributed by atoms with Crippen molar-refractivity contribution in [2.45, 2.75) is 19.4 Å². The van der Waals surface area contributed by atoms with E-state index in [0.29, 0.717) is 15.7 Å². The van der Waals surface area contributed by atoms with E-state index in [-0.39, 0.29) is 19.0 Å². The first kappa shape index (κ1) is 19.0. The van der Waals surface area contributed by atoms with Gasteiger partial charge >= 0.3 is 0 Å². The highest BCUT2D eigenvalue weighted by Crippen LogP contribution is 2.25. The molecule has 112 valence electrons. The van der Waals surface area contributed by atoms with Gasteiger partial charge in [0.2, 0.25) is 11.8 Å². The van der Waals surface area contributed by atoms with Gasteiger partial charge in [0, 0.05) is 5.02 Å². The van der Waals surface area contributed by atoms with Gasteiger partial charge in [0.25, 0.3) is 0 Å². The predicted molar refractivity (Wildman–Crippen MR) is 83.6 cm³/mol. The molecule has 0 aliphatic heterocycles. The molecule has 0 unspecified atom stereocenters. The minimum atomic E-state index is -1.03. The lowest BCUT2D eigenvalue weighted by atomic mass is 10.1. The quantitative estimate of drug-likeness (QED) is 0.785. The molecular weight excluding hydrogens is 325 g/mol. The number of benzene rings is 1. The molecule has 5 nitrogen and oxygen atoms in total. The number of nitrogens with two attached hydrogens (primary N) is 1. The molecule has 0 heterocycles. The largest absolute Gasteiger partial charge is 0.345 e. The number of hydrogen-bond acceptors (Lipinski definition) is 3. The van der Waals surface area contributed by atoms with Gasteiger partial charge in [-0.2, -0.15) is 0 Å². The van der Waals surface area contributed by atoms with Crippen LogP contribution in [0.4, 0.5) is 5.69 Å². The van der Waals surface area contributed by atoms with E-state index >= 15 is 0 Å². The van der Waals surface area contributed by atoms with Gasteiger partial charge in [-0.1, -0.05) is 23.2 Å². The Balaban J connectivity index is 0.00000361. The molecule has 0 saturated heterocycles. The zero-order valence-corrected chi connectivity index (χ0v) is 13.3. The normalized spacial score (nSPS) is 10.4. The van der Waals surface area contributed by atoms with Crippen molar-refractivity contribution in [1.29, 1.82) is 0 Å². The third-order valence-corrected chi connectivity index (χ3v) is 2.76. The van der Waals surface area contributed by atoms with Crippen LogP contribution >= 0.6 is 35.6 Å². The molecule has 1 aromatic rings. The molecule has 0 spiro atoms. The Morgan fingerprint density at radius 2 is 1.90 bits per heavy atom. The molecular formula is C12H16Cl3N3O2.